The topological polar surface area (TPSA) is 96.0 Å². The van der Waals surface area contributed by atoms with Gasteiger partial charge in [0.25, 0.3) is 0 Å². The summed E-state index contributed by atoms with van der Waals surface area (Å²) in [6.07, 6.45) is -1.01. The number of nitrogens with one attached hydrogen (secondary N) is 2. The molecule has 1 amide bonds. The van der Waals surface area contributed by atoms with E-state index in [0.29, 0.717) is 21.6 Å². The molecule has 1 aliphatic rings. The van der Waals surface area contributed by atoms with Crippen molar-refractivity contribution in [1.82, 2.24) is 25.3 Å². The molecule has 1 fully saturated rings. The Bertz CT molecular complexity index is 1150. The number of amides is 1. The van der Waals surface area contributed by atoms with Gasteiger partial charge < -0.3 is 19.9 Å². The molecule has 170 valence electrons. The monoisotopic (exact) mass is 472 g/mol. The summed E-state index contributed by atoms with van der Waals surface area (Å²) in [5.74, 6) is -1.81. The van der Waals surface area contributed by atoms with Crippen molar-refractivity contribution in [3.05, 3.63) is 35.5 Å². The number of halogens is 5. The van der Waals surface area contributed by atoms with Crippen LogP contribution < -0.4 is 10.2 Å². The van der Waals surface area contributed by atoms with E-state index in [9.17, 15) is 22.4 Å². The lowest BCUT2D eigenvalue weighted by atomic mass is 10.2. The third kappa shape index (κ3) is 4.46. The third-order valence-corrected chi connectivity index (χ3v) is 5.30. The second-order valence-corrected chi connectivity index (χ2v) is 7.65. The Morgan fingerprint density at radius 2 is 2.16 bits per heavy atom. The molecule has 0 spiro atoms. The average Bonchev–Trinajstić information content (AvgIpc) is 3.36. The molecule has 4 rings (SSSR count). The molecule has 13 heteroatoms. The molecule has 1 saturated heterocycles. The maximum absolute atomic E-state index is 14.7. The summed E-state index contributed by atoms with van der Waals surface area (Å²) in [6.45, 7) is -1.43. The summed E-state index contributed by atoms with van der Waals surface area (Å²) in [5.41, 5.74) is 1.01. The summed E-state index contributed by atoms with van der Waals surface area (Å²) in [5, 5.41) is 2.83. The molecule has 3 aromatic rings. The van der Waals surface area contributed by atoms with Crippen molar-refractivity contribution in [1.29, 1.82) is 0 Å². The van der Waals surface area contributed by atoms with Gasteiger partial charge in [0.05, 0.1) is 17.3 Å². The second-order valence-electron chi connectivity index (χ2n) is 7.21. The van der Waals surface area contributed by atoms with Crippen LogP contribution >= 0.6 is 11.6 Å². The summed E-state index contributed by atoms with van der Waals surface area (Å²) >= 11 is 6.02. The van der Waals surface area contributed by atoms with Crippen molar-refractivity contribution in [2.45, 2.75) is 24.7 Å². The number of aromatic amines is 1. The quantitative estimate of drug-likeness (QED) is 0.554. The molecule has 0 bridgehead atoms. The smallest absolute Gasteiger partial charge is 0.380 e. The average molecular weight is 473 g/mol. The van der Waals surface area contributed by atoms with E-state index in [1.165, 1.54) is 18.2 Å². The number of H-pyrrole nitrogens is 1. The molecular weight excluding hydrogens is 456 g/mol. The zero-order valence-corrected chi connectivity index (χ0v) is 17.3. The van der Waals surface area contributed by atoms with Crippen LogP contribution in [0.2, 0.25) is 5.02 Å². The number of hydrogen-bond donors (Lipinski definition) is 2. The molecule has 2 N–H and O–H groups in total. The van der Waals surface area contributed by atoms with Crippen LogP contribution in [-0.2, 0) is 9.53 Å². The highest BCUT2D eigenvalue weighted by atomic mass is 35.5. The molecule has 2 atom stereocenters. The predicted molar refractivity (Wildman–Crippen MR) is 108 cm³/mol. The van der Waals surface area contributed by atoms with E-state index in [1.54, 1.807) is 12.3 Å². The molecule has 2 unspecified atom stereocenters. The van der Waals surface area contributed by atoms with Crippen molar-refractivity contribution >= 4 is 34.4 Å². The van der Waals surface area contributed by atoms with Gasteiger partial charge in [0.1, 0.15) is 18.2 Å². The molecule has 0 aliphatic carbocycles. The first-order valence-corrected chi connectivity index (χ1v) is 9.83. The van der Waals surface area contributed by atoms with E-state index in [0.717, 1.165) is 6.20 Å². The van der Waals surface area contributed by atoms with Gasteiger partial charge >= 0.3 is 6.18 Å². The first-order valence-electron chi connectivity index (χ1n) is 9.45. The number of rotatable bonds is 5. The summed E-state index contributed by atoms with van der Waals surface area (Å²) in [4.78, 5) is 29.2. The number of anilines is 1. The Balaban J connectivity index is 1.69. The van der Waals surface area contributed by atoms with Crippen LogP contribution in [0.3, 0.4) is 0 Å². The van der Waals surface area contributed by atoms with Crippen LogP contribution in [0, 0.1) is 5.82 Å². The number of hydrogen-bond acceptors (Lipinski definition) is 6. The van der Waals surface area contributed by atoms with E-state index in [1.807, 2.05) is 5.32 Å². The fraction of sp³-hybridized carbons (Fsp3) is 0.368. The van der Waals surface area contributed by atoms with Gasteiger partial charge in [-0.1, -0.05) is 11.6 Å². The van der Waals surface area contributed by atoms with Crippen molar-refractivity contribution < 1.29 is 27.1 Å². The Morgan fingerprint density at radius 1 is 1.38 bits per heavy atom. The highest BCUT2D eigenvalue weighted by Crippen LogP contribution is 2.32. The number of alkyl halides is 3. The lowest BCUT2D eigenvalue weighted by Gasteiger charge is -2.25. The molecular formula is C19H17ClF4N6O2. The zero-order valence-electron chi connectivity index (χ0n) is 16.6. The predicted octanol–water partition coefficient (Wildman–Crippen LogP) is 3.08. The number of pyridine rings is 1. The highest BCUT2D eigenvalue weighted by molar-refractivity contribution is 6.31. The number of methoxy groups -OCH3 is 1. The molecule has 0 aromatic carbocycles. The summed E-state index contributed by atoms with van der Waals surface area (Å²) in [6, 6.07) is 0.547. The lowest BCUT2D eigenvalue weighted by molar-refractivity contribution is -0.139. The fourth-order valence-corrected chi connectivity index (χ4v) is 3.77. The number of carbonyl (C=O) groups is 1. The van der Waals surface area contributed by atoms with Crippen LogP contribution in [0.4, 0.5) is 23.4 Å². The Hall–Kier alpha value is -2.99. The summed E-state index contributed by atoms with van der Waals surface area (Å²) in [7, 11) is 1.41. The van der Waals surface area contributed by atoms with Gasteiger partial charge in [0.15, 0.2) is 17.5 Å². The van der Waals surface area contributed by atoms with Crippen LogP contribution in [-0.4, -0.2) is 64.4 Å². The van der Waals surface area contributed by atoms with Gasteiger partial charge in [-0.25, -0.2) is 19.3 Å². The molecule has 32 heavy (non-hydrogen) atoms. The lowest BCUT2D eigenvalue weighted by Crippen LogP contribution is -2.46. The van der Waals surface area contributed by atoms with Gasteiger partial charge in [-0.15, -0.1) is 0 Å². The minimum absolute atomic E-state index is 0.0647. The van der Waals surface area contributed by atoms with Gasteiger partial charge in [0, 0.05) is 43.4 Å². The molecule has 0 radical (unpaired) electrons. The fourth-order valence-electron chi connectivity index (χ4n) is 3.61. The van der Waals surface area contributed by atoms with E-state index >= 15 is 0 Å². The van der Waals surface area contributed by atoms with E-state index in [2.05, 4.69) is 19.9 Å². The minimum atomic E-state index is -4.57. The van der Waals surface area contributed by atoms with Crippen molar-refractivity contribution in [2.24, 2.45) is 0 Å². The van der Waals surface area contributed by atoms with Crippen LogP contribution in [0.25, 0.3) is 22.4 Å². The number of aromatic nitrogens is 4. The second kappa shape index (κ2) is 8.51. The highest BCUT2D eigenvalue weighted by Gasteiger charge is 2.40. The molecule has 0 saturated carbocycles. The number of carbonyl (C=O) groups excluding carboxylic acids is 1. The van der Waals surface area contributed by atoms with Crippen LogP contribution in [0.1, 0.15) is 6.42 Å². The van der Waals surface area contributed by atoms with Gasteiger partial charge in [-0.2, -0.15) is 13.2 Å². The van der Waals surface area contributed by atoms with Crippen molar-refractivity contribution in [2.75, 3.05) is 25.1 Å². The Kier molecular flexibility index (Phi) is 5.91. The van der Waals surface area contributed by atoms with Gasteiger partial charge in [0.2, 0.25) is 5.91 Å². The Morgan fingerprint density at radius 3 is 2.88 bits per heavy atom. The van der Waals surface area contributed by atoms with Crippen LogP contribution in [0.15, 0.2) is 24.7 Å². The third-order valence-electron chi connectivity index (χ3n) is 5.10. The van der Waals surface area contributed by atoms with E-state index in [-0.39, 0.29) is 24.6 Å². The number of nitrogens with zero attached hydrogens (tertiary/aromatic N) is 4. The first kappa shape index (κ1) is 22.2. The van der Waals surface area contributed by atoms with Crippen molar-refractivity contribution in [3.63, 3.8) is 0 Å². The Labute approximate surface area is 184 Å². The standard InChI is InChI=1S/C19H17ClF4N6O2/c1-32-10-3-14(18(31)28-8-19(22,23)24)30(7-10)17-13(21)6-27-16(29-17)12-5-26-15-11(12)2-9(20)4-25-15/h2,4-6,10,14H,3,7-8H2,1H3,(H,25,26)(H,28,31). The largest absolute Gasteiger partial charge is 0.405 e. The number of fused-ring (bicyclic) bond motifs is 1. The summed E-state index contributed by atoms with van der Waals surface area (Å²) < 4.78 is 57.6. The van der Waals surface area contributed by atoms with E-state index in [4.69, 9.17) is 16.3 Å². The van der Waals surface area contributed by atoms with Gasteiger partial charge in [-0.3, -0.25) is 4.79 Å². The first-order chi connectivity index (χ1) is 15.2. The van der Waals surface area contributed by atoms with Crippen molar-refractivity contribution in [3.8, 4) is 11.4 Å². The minimum Gasteiger partial charge on any atom is -0.380 e. The maximum atomic E-state index is 14.7. The molecule has 3 aromatic heterocycles. The van der Waals surface area contributed by atoms with E-state index < -0.39 is 36.6 Å². The zero-order chi connectivity index (χ0) is 23.0. The van der Waals surface area contributed by atoms with Crippen LogP contribution in [0.5, 0.6) is 0 Å². The molecule has 8 nitrogen and oxygen atoms in total. The van der Waals surface area contributed by atoms with Gasteiger partial charge in [-0.05, 0) is 6.07 Å². The normalized spacial score (nSPS) is 19.0. The number of ether oxygens (including phenoxy) is 1. The maximum Gasteiger partial charge on any atom is 0.405 e. The molecule has 1 aliphatic heterocycles. The SMILES string of the molecule is COC1CC(C(=O)NCC(F)(F)F)N(c2nc(-c3c[nH]c4ncc(Cl)cc34)ncc2F)C1. The molecule has 4 heterocycles.